The first-order valence-corrected chi connectivity index (χ1v) is 9.52. The average molecular weight is 333 g/mol. The minimum Gasteiger partial charge on any atom is -0.379 e. The molecule has 2 aliphatic heterocycles. The van der Waals surface area contributed by atoms with Crippen molar-refractivity contribution in [2.45, 2.75) is 31.4 Å². The smallest absolute Gasteiger partial charge is 0.379 e. The van der Waals surface area contributed by atoms with Gasteiger partial charge in [0, 0.05) is 34.5 Å². The summed E-state index contributed by atoms with van der Waals surface area (Å²) < 4.78 is 26.6. The average Bonchev–Trinajstić information content (AvgIpc) is 3.25. The lowest BCUT2D eigenvalue weighted by molar-refractivity contribution is -0.122. The minimum atomic E-state index is -3.22. The Labute approximate surface area is 133 Å². The third kappa shape index (κ3) is 4.35. The molecule has 0 saturated carbocycles. The van der Waals surface area contributed by atoms with Crippen molar-refractivity contribution in [3.05, 3.63) is 0 Å². The second-order valence-electron chi connectivity index (χ2n) is 5.61. The van der Waals surface area contributed by atoms with Gasteiger partial charge in [-0.15, -0.1) is 0 Å². The normalized spacial score (nSPS) is 25.6. The SMILES string of the molecule is CO[Si](OC)(OC)C(=O)[C@@H]1CCCN1CCCOCC1CO1. The molecule has 0 aromatic heterocycles. The molecule has 0 aromatic rings. The van der Waals surface area contributed by atoms with Crippen LogP contribution >= 0.6 is 0 Å². The first kappa shape index (κ1) is 18.0. The molecule has 0 spiro atoms. The molecular formula is C14H27NO6Si. The van der Waals surface area contributed by atoms with Gasteiger partial charge in [-0.05, 0) is 25.8 Å². The summed E-state index contributed by atoms with van der Waals surface area (Å²) in [4.78, 5) is 14.9. The van der Waals surface area contributed by atoms with Gasteiger partial charge < -0.3 is 22.8 Å². The third-order valence-electron chi connectivity index (χ3n) is 4.21. The Balaban J connectivity index is 1.79. The van der Waals surface area contributed by atoms with E-state index >= 15 is 0 Å². The molecule has 0 bridgehead atoms. The van der Waals surface area contributed by atoms with Gasteiger partial charge in [-0.25, -0.2) is 0 Å². The number of ether oxygens (including phenoxy) is 2. The van der Waals surface area contributed by atoms with Crippen LogP contribution in [0.25, 0.3) is 0 Å². The van der Waals surface area contributed by atoms with E-state index in [0.717, 1.165) is 39.0 Å². The van der Waals surface area contributed by atoms with Crippen LogP contribution in [0.5, 0.6) is 0 Å². The van der Waals surface area contributed by atoms with Crippen molar-refractivity contribution in [3.8, 4) is 0 Å². The molecule has 0 N–H and O–H groups in total. The first-order valence-electron chi connectivity index (χ1n) is 7.80. The van der Waals surface area contributed by atoms with Gasteiger partial charge in [0.1, 0.15) is 6.10 Å². The highest BCUT2D eigenvalue weighted by molar-refractivity contribution is 6.93. The Kier molecular flexibility index (Phi) is 6.94. The maximum atomic E-state index is 12.8. The number of carbonyl (C=O) groups is 1. The van der Waals surface area contributed by atoms with Gasteiger partial charge in [-0.2, -0.15) is 0 Å². The second kappa shape index (κ2) is 8.49. The van der Waals surface area contributed by atoms with Gasteiger partial charge in [-0.3, -0.25) is 9.69 Å². The number of rotatable bonds is 11. The van der Waals surface area contributed by atoms with Gasteiger partial charge in [0.05, 0.1) is 19.3 Å². The van der Waals surface area contributed by atoms with Crippen LogP contribution in [0.3, 0.4) is 0 Å². The van der Waals surface area contributed by atoms with Crippen LogP contribution in [0.15, 0.2) is 0 Å². The van der Waals surface area contributed by atoms with E-state index in [9.17, 15) is 4.79 Å². The van der Waals surface area contributed by atoms with E-state index in [4.69, 9.17) is 22.8 Å². The van der Waals surface area contributed by atoms with Gasteiger partial charge in [0.15, 0.2) is 0 Å². The third-order valence-corrected chi connectivity index (χ3v) is 6.76. The molecule has 2 aliphatic rings. The van der Waals surface area contributed by atoms with E-state index in [2.05, 4.69) is 4.90 Å². The van der Waals surface area contributed by atoms with E-state index in [1.807, 2.05) is 0 Å². The Hall–Kier alpha value is -0.353. The largest absolute Gasteiger partial charge is 0.575 e. The Morgan fingerprint density at radius 1 is 1.27 bits per heavy atom. The molecule has 128 valence electrons. The van der Waals surface area contributed by atoms with E-state index in [-0.39, 0.29) is 11.4 Å². The van der Waals surface area contributed by atoms with Crippen LogP contribution in [0.4, 0.5) is 0 Å². The van der Waals surface area contributed by atoms with Crippen LogP contribution in [-0.4, -0.2) is 85.5 Å². The van der Waals surface area contributed by atoms with E-state index in [1.165, 1.54) is 21.3 Å². The molecule has 2 rings (SSSR count). The minimum absolute atomic E-state index is 0.0372. The van der Waals surface area contributed by atoms with Gasteiger partial charge in [0.25, 0.3) is 0 Å². The van der Waals surface area contributed by atoms with E-state index < -0.39 is 8.80 Å². The summed E-state index contributed by atoms with van der Waals surface area (Å²) in [6, 6.07) is -0.168. The molecule has 2 fully saturated rings. The second-order valence-corrected chi connectivity index (χ2v) is 8.44. The van der Waals surface area contributed by atoms with E-state index in [0.29, 0.717) is 19.3 Å². The molecule has 22 heavy (non-hydrogen) atoms. The van der Waals surface area contributed by atoms with Crippen LogP contribution in [0.2, 0.25) is 0 Å². The van der Waals surface area contributed by atoms with Crippen molar-refractivity contribution in [1.29, 1.82) is 0 Å². The summed E-state index contributed by atoms with van der Waals surface area (Å²) in [6.07, 6.45) is 3.05. The number of carbonyl (C=O) groups excluding carboxylic acids is 1. The fraction of sp³-hybridized carbons (Fsp3) is 0.929. The summed E-state index contributed by atoms with van der Waals surface area (Å²) in [5, 5.41) is -0.0372. The molecule has 0 aromatic carbocycles. The zero-order valence-electron chi connectivity index (χ0n) is 13.7. The lowest BCUT2D eigenvalue weighted by Crippen LogP contribution is -2.58. The van der Waals surface area contributed by atoms with Crippen molar-refractivity contribution < 1.29 is 27.5 Å². The molecule has 0 amide bonds. The zero-order valence-corrected chi connectivity index (χ0v) is 14.7. The van der Waals surface area contributed by atoms with Gasteiger partial charge >= 0.3 is 8.80 Å². The Bertz CT molecular complexity index is 353. The van der Waals surface area contributed by atoms with Crippen molar-refractivity contribution in [2.24, 2.45) is 0 Å². The summed E-state index contributed by atoms with van der Waals surface area (Å²) in [6.45, 7) is 3.95. The van der Waals surface area contributed by atoms with Crippen LogP contribution in [-0.2, 0) is 27.5 Å². The quantitative estimate of drug-likeness (QED) is 0.305. The maximum absolute atomic E-state index is 12.8. The zero-order chi connectivity index (χ0) is 16.0. The Morgan fingerprint density at radius 2 is 1.95 bits per heavy atom. The number of hydrogen-bond acceptors (Lipinski definition) is 7. The lowest BCUT2D eigenvalue weighted by atomic mass is 10.2. The molecule has 0 radical (unpaired) electrons. The molecule has 7 nitrogen and oxygen atoms in total. The number of nitrogens with zero attached hydrogens (tertiary/aromatic N) is 1. The molecule has 1 unspecified atom stereocenters. The lowest BCUT2D eigenvalue weighted by Gasteiger charge is -2.29. The van der Waals surface area contributed by atoms with Gasteiger partial charge in [0.2, 0.25) is 5.41 Å². The monoisotopic (exact) mass is 333 g/mol. The number of epoxide rings is 1. The van der Waals surface area contributed by atoms with Gasteiger partial charge in [-0.1, -0.05) is 0 Å². The number of hydrogen-bond donors (Lipinski definition) is 0. The van der Waals surface area contributed by atoms with Crippen molar-refractivity contribution >= 4 is 14.2 Å². The first-order chi connectivity index (χ1) is 10.7. The standard InChI is InChI=1S/C14H27NO6Si/c1-17-22(18-2,19-3)14(16)13-6-4-7-15(13)8-5-9-20-10-12-11-21-12/h12-13H,4-11H2,1-3H3/t12?,13-/m0/s1. The Morgan fingerprint density at radius 3 is 2.55 bits per heavy atom. The van der Waals surface area contributed by atoms with Crippen molar-refractivity contribution in [3.63, 3.8) is 0 Å². The summed E-state index contributed by atoms with van der Waals surface area (Å²) in [7, 11) is 1.21. The maximum Gasteiger partial charge on any atom is 0.575 e. The topological polar surface area (TPSA) is 69.8 Å². The molecule has 8 heteroatoms. The highest BCUT2D eigenvalue weighted by Gasteiger charge is 2.52. The summed E-state index contributed by atoms with van der Waals surface area (Å²) in [5.41, 5.74) is 0. The van der Waals surface area contributed by atoms with Crippen molar-refractivity contribution in [1.82, 2.24) is 4.90 Å². The molecular weight excluding hydrogens is 306 g/mol. The highest BCUT2D eigenvalue weighted by atomic mass is 28.4. The molecule has 2 saturated heterocycles. The molecule has 2 heterocycles. The van der Waals surface area contributed by atoms with E-state index in [1.54, 1.807) is 0 Å². The fourth-order valence-corrected chi connectivity index (χ4v) is 4.73. The predicted molar refractivity (Wildman–Crippen MR) is 81.6 cm³/mol. The fourth-order valence-electron chi connectivity index (χ4n) is 2.90. The predicted octanol–water partition coefficient (Wildman–Crippen LogP) is 0.243. The molecule has 2 atom stereocenters. The number of likely N-dealkylation sites (tertiary alicyclic amines) is 1. The van der Waals surface area contributed by atoms with Crippen LogP contribution in [0, 0.1) is 0 Å². The summed E-state index contributed by atoms with van der Waals surface area (Å²) in [5.74, 6) is 0. The highest BCUT2D eigenvalue weighted by Crippen LogP contribution is 2.23. The molecule has 0 aliphatic carbocycles. The van der Waals surface area contributed by atoms with Crippen LogP contribution in [0.1, 0.15) is 19.3 Å². The van der Waals surface area contributed by atoms with Crippen LogP contribution < -0.4 is 0 Å². The summed E-state index contributed by atoms with van der Waals surface area (Å²) >= 11 is 0. The van der Waals surface area contributed by atoms with Crippen molar-refractivity contribution in [2.75, 3.05) is 54.2 Å².